The number of hydrogen-bond acceptors (Lipinski definition) is 4. The molecule has 1 atom stereocenters. The Morgan fingerprint density at radius 2 is 1.83 bits per heavy atom. The first kappa shape index (κ1) is 23.3. The maximum atomic E-state index is 12.1. The number of amides is 1. The molecule has 0 bridgehead atoms. The van der Waals surface area contributed by atoms with Crippen molar-refractivity contribution in [1.82, 2.24) is 14.9 Å². The monoisotopic (exact) mass is 419 g/mol. The number of rotatable bonds is 8. The van der Waals surface area contributed by atoms with E-state index in [1.165, 1.54) is 11.8 Å². The molecule has 0 saturated heterocycles. The average Bonchev–Trinajstić information content (AvgIpc) is 2.90. The molecule has 0 aliphatic rings. The van der Waals surface area contributed by atoms with Crippen LogP contribution in [0.15, 0.2) is 29.4 Å². The van der Waals surface area contributed by atoms with Crippen LogP contribution < -0.4 is 5.32 Å². The fraction of sp³-hybridized carbons (Fsp3) is 0.591. The van der Waals surface area contributed by atoms with Gasteiger partial charge in [0.2, 0.25) is 5.91 Å². The SMILES string of the molecule is CC(C)(C)CC(=O)NCCCSc1nc2ccccc2n1C(C(=O)O)C(C)(C)C. The quantitative estimate of drug-likeness (QED) is 0.477. The van der Waals surface area contributed by atoms with E-state index < -0.39 is 17.4 Å². The largest absolute Gasteiger partial charge is 0.480 e. The lowest BCUT2D eigenvalue weighted by molar-refractivity contribution is -0.144. The number of fused-ring (bicyclic) bond motifs is 1. The predicted octanol–water partition coefficient (Wildman–Crippen LogP) is 4.74. The van der Waals surface area contributed by atoms with Crippen molar-refractivity contribution in [2.45, 2.75) is 65.6 Å². The first-order valence-electron chi connectivity index (χ1n) is 9.99. The number of benzene rings is 1. The second-order valence-electron chi connectivity index (χ2n) is 9.65. The summed E-state index contributed by atoms with van der Waals surface area (Å²) >= 11 is 1.54. The van der Waals surface area contributed by atoms with Gasteiger partial charge in [-0.2, -0.15) is 0 Å². The number of carboxylic acid groups (broad SMARTS) is 1. The number of carbonyl (C=O) groups is 2. The molecule has 29 heavy (non-hydrogen) atoms. The van der Waals surface area contributed by atoms with Crippen molar-refractivity contribution in [3.8, 4) is 0 Å². The number of nitrogens with zero attached hydrogens (tertiary/aromatic N) is 2. The van der Waals surface area contributed by atoms with Gasteiger partial charge in [-0.25, -0.2) is 9.78 Å². The van der Waals surface area contributed by atoms with Gasteiger partial charge in [-0.05, 0) is 29.4 Å². The predicted molar refractivity (Wildman–Crippen MR) is 118 cm³/mol. The minimum Gasteiger partial charge on any atom is -0.480 e. The molecule has 1 heterocycles. The standard InChI is InChI=1S/C22H33N3O3S/c1-21(2,3)14-17(26)23-12-9-13-29-20-24-15-10-7-8-11-16(15)25(20)18(19(27)28)22(4,5)6/h7-8,10-11,18H,9,12-14H2,1-6H3,(H,23,26)(H,27,28). The van der Waals surface area contributed by atoms with E-state index in [0.29, 0.717) is 18.1 Å². The third kappa shape index (κ3) is 6.49. The molecule has 0 aliphatic heterocycles. The number of hydrogen-bond donors (Lipinski definition) is 2. The molecule has 2 rings (SSSR count). The molecule has 2 aromatic rings. The fourth-order valence-electron chi connectivity index (χ4n) is 3.25. The molecular formula is C22H33N3O3S. The average molecular weight is 420 g/mol. The van der Waals surface area contributed by atoms with Crippen LogP contribution in [0.4, 0.5) is 0 Å². The van der Waals surface area contributed by atoms with Crippen LogP contribution in [0.2, 0.25) is 0 Å². The lowest BCUT2D eigenvalue weighted by Crippen LogP contribution is -2.32. The molecule has 0 aliphatic carbocycles. The van der Waals surface area contributed by atoms with Gasteiger partial charge in [0.25, 0.3) is 0 Å². The van der Waals surface area contributed by atoms with Gasteiger partial charge >= 0.3 is 5.97 Å². The Morgan fingerprint density at radius 3 is 2.41 bits per heavy atom. The maximum Gasteiger partial charge on any atom is 0.327 e. The van der Waals surface area contributed by atoms with Crippen molar-refractivity contribution in [3.05, 3.63) is 24.3 Å². The number of aliphatic carboxylic acids is 1. The van der Waals surface area contributed by atoms with Crippen molar-refractivity contribution >= 4 is 34.7 Å². The van der Waals surface area contributed by atoms with E-state index in [0.717, 1.165) is 23.2 Å². The van der Waals surface area contributed by atoms with Gasteiger partial charge in [-0.15, -0.1) is 0 Å². The summed E-state index contributed by atoms with van der Waals surface area (Å²) < 4.78 is 1.85. The number of imidazole rings is 1. The number of carboxylic acids is 1. The van der Waals surface area contributed by atoms with E-state index >= 15 is 0 Å². The van der Waals surface area contributed by atoms with Crippen molar-refractivity contribution in [2.24, 2.45) is 10.8 Å². The topological polar surface area (TPSA) is 84.2 Å². The zero-order valence-electron chi connectivity index (χ0n) is 18.3. The first-order chi connectivity index (χ1) is 13.4. The van der Waals surface area contributed by atoms with E-state index in [1.54, 1.807) is 0 Å². The molecule has 0 fully saturated rings. The van der Waals surface area contributed by atoms with E-state index in [1.807, 2.05) is 70.4 Å². The third-order valence-electron chi connectivity index (χ3n) is 4.44. The van der Waals surface area contributed by atoms with Crippen molar-refractivity contribution < 1.29 is 14.7 Å². The van der Waals surface area contributed by atoms with Crippen LogP contribution in [0.25, 0.3) is 11.0 Å². The molecule has 160 valence electrons. The zero-order valence-corrected chi connectivity index (χ0v) is 19.1. The second-order valence-corrected chi connectivity index (χ2v) is 10.7. The van der Waals surface area contributed by atoms with Gasteiger partial charge in [-0.3, -0.25) is 4.79 Å². The maximum absolute atomic E-state index is 12.1. The van der Waals surface area contributed by atoms with Crippen LogP contribution in [0.3, 0.4) is 0 Å². The smallest absolute Gasteiger partial charge is 0.327 e. The van der Waals surface area contributed by atoms with E-state index in [2.05, 4.69) is 10.3 Å². The van der Waals surface area contributed by atoms with E-state index in [-0.39, 0.29) is 11.3 Å². The van der Waals surface area contributed by atoms with Gasteiger partial charge < -0.3 is 15.0 Å². The van der Waals surface area contributed by atoms with Gasteiger partial charge in [-0.1, -0.05) is 65.4 Å². The fourth-order valence-corrected chi connectivity index (χ4v) is 4.23. The normalized spacial score (nSPS) is 13.4. The number of nitrogens with one attached hydrogen (secondary N) is 1. The summed E-state index contributed by atoms with van der Waals surface area (Å²) in [6.45, 7) is 12.5. The first-order valence-corrected chi connectivity index (χ1v) is 11.0. The lowest BCUT2D eigenvalue weighted by atomic mass is 9.86. The molecule has 1 aromatic carbocycles. The third-order valence-corrected chi connectivity index (χ3v) is 5.48. The molecular weight excluding hydrogens is 386 g/mol. The van der Waals surface area contributed by atoms with Crippen LogP contribution in [-0.4, -0.2) is 38.8 Å². The van der Waals surface area contributed by atoms with Gasteiger partial charge in [0.05, 0.1) is 11.0 Å². The highest BCUT2D eigenvalue weighted by atomic mass is 32.2. The van der Waals surface area contributed by atoms with Gasteiger partial charge in [0.1, 0.15) is 6.04 Å². The number of para-hydroxylation sites is 2. The molecule has 1 aromatic heterocycles. The van der Waals surface area contributed by atoms with E-state index in [4.69, 9.17) is 0 Å². The Balaban J connectivity index is 2.11. The minimum absolute atomic E-state index is 0.0253. The summed E-state index contributed by atoms with van der Waals surface area (Å²) in [5.41, 5.74) is 1.13. The molecule has 0 saturated carbocycles. The lowest BCUT2D eigenvalue weighted by Gasteiger charge is -2.29. The van der Waals surface area contributed by atoms with Crippen molar-refractivity contribution in [2.75, 3.05) is 12.3 Å². The van der Waals surface area contributed by atoms with Crippen molar-refractivity contribution in [1.29, 1.82) is 0 Å². The summed E-state index contributed by atoms with van der Waals surface area (Å²) in [5.74, 6) is -0.0550. The summed E-state index contributed by atoms with van der Waals surface area (Å²) in [6.07, 6.45) is 1.29. The van der Waals surface area contributed by atoms with E-state index in [9.17, 15) is 14.7 Å². The van der Waals surface area contributed by atoms with Crippen LogP contribution >= 0.6 is 11.8 Å². The van der Waals surface area contributed by atoms with Crippen LogP contribution in [0.5, 0.6) is 0 Å². The highest BCUT2D eigenvalue weighted by Gasteiger charge is 2.35. The number of carbonyl (C=O) groups excluding carboxylic acids is 1. The minimum atomic E-state index is -0.864. The molecule has 7 heteroatoms. The van der Waals surface area contributed by atoms with Crippen LogP contribution in [0.1, 0.15) is 60.4 Å². The summed E-state index contributed by atoms with van der Waals surface area (Å²) in [4.78, 5) is 28.7. The summed E-state index contributed by atoms with van der Waals surface area (Å²) in [6, 6.07) is 6.92. The molecule has 0 radical (unpaired) electrons. The Kier molecular flexibility index (Phi) is 7.38. The number of aromatic nitrogens is 2. The Hall–Kier alpha value is -2.02. The Morgan fingerprint density at radius 1 is 1.17 bits per heavy atom. The molecule has 2 N–H and O–H groups in total. The molecule has 6 nitrogen and oxygen atoms in total. The second kappa shape index (κ2) is 9.20. The van der Waals surface area contributed by atoms with Gasteiger partial charge in [0.15, 0.2) is 5.16 Å². The summed E-state index contributed by atoms with van der Waals surface area (Å²) in [7, 11) is 0. The highest BCUT2D eigenvalue weighted by molar-refractivity contribution is 7.99. The highest BCUT2D eigenvalue weighted by Crippen LogP contribution is 2.37. The molecule has 1 amide bonds. The number of thioether (sulfide) groups is 1. The molecule has 0 spiro atoms. The zero-order chi connectivity index (χ0) is 21.8. The summed E-state index contributed by atoms with van der Waals surface area (Å²) in [5, 5.41) is 13.6. The Bertz CT molecular complexity index is 862. The van der Waals surface area contributed by atoms with Gasteiger partial charge in [0, 0.05) is 18.7 Å². The van der Waals surface area contributed by atoms with Crippen LogP contribution in [0, 0.1) is 10.8 Å². The van der Waals surface area contributed by atoms with Crippen LogP contribution in [-0.2, 0) is 9.59 Å². The Labute approximate surface area is 177 Å². The van der Waals surface area contributed by atoms with Crippen molar-refractivity contribution in [3.63, 3.8) is 0 Å². The molecule has 1 unspecified atom stereocenters.